The van der Waals surface area contributed by atoms with Crippen molar-refractivity contribution >= 4 is 52.9 Å². The number of benzene rings is 1. The zero-order valence-corrected chi connectivity index (χ0v) is 19.1. The fourth-order valence-corrected chi connectivity index (χ4v) is 3.07. The van der Waals surface area contributed by atoms with Gasteiger partial charge in [0.1, 0.15) is 17.4 Å². The molecule has 0 bridgehead atoms. The van der Waals surface area contributed by atoms with Crippen LogP contribution in [0.5, 0.6) is 5.75 Å². The first kappa shape index (κ1) is 23.2. The number of aryl methyl sites for hydroxylation is 2. The number of ether oxygens (including phenoxy) is 1. The van der Waals surface area contributed by atoms with Crippen molar-refractivity contribution < 1.29 is 9.53 Å². The Morgan fingerprint density at radius 1 is 1.30 bits per heavy atom. The number of carbonyl (C=O) groups excluding carboxylic acids is 1. The number of thiazole rings is 1. The number of nitrogens with one attached hydrogen (secondary N) is 3. The Labute approximate surface area is 181 Å². The molecule has 0 saturated carbocycles. The molecule has 0 aliphatic rings. The third-order valence-electron chi connectivity index (χ3n) is 3.52. The molecule has 0 aliphatic heterocycles. The molecule has 7 nitrogen and oxygen atoms in total. The maximum atomic E-state index is 11.1. The number of amides is 1. The summed E-state index contributed by atoms with van der Waals surface area (Å²) in [4.78, 5) is 21.0. The number of nitrogens with zero attached hydrogens (tertiary/aromatic N) is 2. The molecule has 0 fully saturated rings. The lowest BCUT2D eigenvalue weighted by atomic mass is 10.3. The number of hydrogen-bond donors (Lipinski definition) is 3. The maximum Gasteiger partial charge on any atom is 0.221 e. The highest BCUT2D eigenvalue weighted by molar-refractivity contribution is 14.0. The summed E-state index contributed by atoms with van der Waals surface area (Å²) in [7, 11) is 1.73. The predicted octanol–water partition coefficient (Wildman–Crippen LogP) is 3.08. The van der Waals surface area contributed by atoms with E-state index < -0.39 is 0 Å². The number of halogens is 1. The summed E-state index contributed by atoms with van der Waals surface area (Å²) in [6, 6.07) is 7.31. The highest BCUT2D eigenvalue weighted by Crippen LogP contribution is 2.17. The van der Waals surface area contributed by atoms with Gasteiger partial charge in [0.25, 0.3) is 0 Å². The van der Waals surface area contributed by atoms with E-state index in [2.05, 4.69) is 32.9 Å². The number of rotatable bonds is 7. The SMILES string of the molecule is CN=C(NCCOc1cccc(NC(C)=O)c1)NCc1nc(C)c(C)s1.I. The molecule has 2 rings (SSSR count). The largest absolute Gasteiger partial charge is 0.492 e. The van der Waals surface area contributed by atoms with E-state index in [9.17, 15) is 4.79 Å². The van der Waals surface area contributed by atoms with E-state index in [1.807, 2.05) is 25.1 Å². The van der Waals surface area contributed by atoms with Crippen LogP contribution in [0.4, 0.5) is 5.69 Å². The van der Waals surface area contributed by atoms with Crippen LogP contribution in [0.3, 0.4) is 0 Å². The number of carbonyl (C=O) groups is 1. The Morgan fingerprint density at radius 3 is 2.70 bits per heavy atom. The van der Waals surface area contributed by atoms with Crippen molar-refractivity contribution in [3.05, 3.63) is 39.8 Å². The highest BCUT2D eigenvalue weighted by atomic mass is 127. The molecule has 0 atom stereocenters. The number of aliphatic imine (C=N–C) groups is 1. The highest BCUT2D eigenvalue weighted by Gasteiger charge is 2.05. The van der Waals surface area contributed by atoms with Crippen LogP contribution in [0.25, 0.3) is 0 Å². The van der Waals surface area contributed by atoms with E-state index in [0.717, 1.165) is 16.4 Å². The van der Waals surface area contributed by atoms with E-state index in [-0.39, 0.29) is 29.9 Å². The smallest absolute Gasteiger partial charge is 0.221 e. The normalized spacial score (nSPS) is 10.7. The van der Waals surface area contributed by atoms with Gasteiger partial charge in [-0.1, -0.05) is 6.07 Å². The van der Waals surface area contributed by atoms with Gasteiger partial charge in [0.15, 0.2) is 5.96 Å². The summed E-state index contributed by atoms with van der Waals surface area (Å²) in [5.41, 5.74) is 1.79. The van der Waals surface area contributed by atoms with Gasteiger partial charge in [0, 0.05) is 30.6 Å². The first-order valence-electron chi connectivity index (χ1n) is 8.36. The summed E-state index contributed by atoms with van der Waals surface area (Å²) in [6.07, 6.45) is 0. The molecular formula is C18H26IN5O2S. The Morgan fingerprint density at radius 2 is 2.07 bits per heavy atom. The molecule has 9 heteroatoms. The van der Waals surface area contributed by atoms with E-state index in [1.165, 1.54) is 11.8 Å². The van der Waals surface area contributed by atoms with Gasteiger partial charge in [-0.3, -0.25) is 9.79 Å². The predicted molar refractivity (Wildman–Crippen MR) is 121 cm³/mol. The average molecular weight is 503 g/mol. The molecule has 0 aliphatic carbocycles. The molecule has 1 heterocycles. The number of aromatic nitrogens is 1. The standard InChI is InChI=1S/C18H25N5O2S.HI/c1-12-13(2)26-17(22-12)11-21-18(19-4)20-8-9-25-16-7-5-6-15(10-16)23-14(3)24;/h5-7,10H,8-9,11H2,1-4H3,(H,23,24)(H2,19,20,21);1H. The number of guanidine groups is 1. The topological polar surface area (TPSA) is 87.6 Å². The van der Waals surface area contributed by atoms with Crippen molar-refractivity contribution in [2.75, 3.05) is 25.5 Å². The lowest BCUT2D eigenvalue weighted by Gasteiger charge is -2.12. The zero-order chi connectivity index (χ0) is 18.9. The summed E-state index contributed by atoms with van der Waals surface area (Å²) >= 11 is 1.69. The third kappa shape index (κ3) is 8.12. The van der Waals surface area contributed by atoms with E-state index in [4.69, 9.17) is 4.74 Å². The van der Waals surface area contributed by atoms with Crippen molar-refractivity contribution in [3.63, 3.8) is 0 Å². The van der Waals surface area contributed by atoms with Crippen molar-refractivity contribution in [2.45, 2.75) is 27.3 Å². The molecule has 0 radical (unpaired) electrons. The van der Waals surface area contributed by atoms with Gasteiger partial charge in [0.2, 0.25) is 5.91 Å². The third-order valence-corrected chi connectivity index (χ3v) is 4.59. The van der Waals surface area contributed by atoms with Crippen LogP contribution in [0, 0.1) is 13.8 Å². The second-order valence-electron chi connectivity index (χ2n) is 5.66. The van der Waals surface area contributed by atoms with Crippen LogP contribution in [0.15, 0.2) is 29.3 Å². The molecule has 2 aromatic rings. The molecule has 148 valence electrons. The summed E-state index contributed by atoms with van der Waals surface area (Å²) in [6.45, 7) is 7.27. The molecular weight excluding hydrogens is 477 g/mol. The Bertz CT molecular complexity index is 759. The lowest BCUT2D eigenvalue weighted by Crippen LogP contribution is -2.38. The fraction of sp³-hybridized carbons (Fsp3) is 0.389. The monoisotopic (exact) mass is 503 g/mol. The van der Waals surface area contributed by atoms with E-state index in [0.29, 0.717) is 31.4 Å². The Kier molecular flexibility index (Phi) is 10.1. The molecule has 1 amide bonds. The van der Waals surface area contributed by atoms with E-state index >= 15 is 0 Å². The summed E-state index contributed by atoms with van der Waals surface area (Å²) in [5.74, 6) is 1.30. The van der Waals surface area contributed by atoms with Crippen LogP contribution in [0.2, 0.25) is 0 Å². The van der Waals surface area contributed by atoms with Crippen molar-refractivity contribution in [1.82, 2.24) is 15.6 Å². The van der Waals surface area contributed by atoms with Gasteiger partial charge < -0.3 is 20.7 Å². The van der Waals surface area contributed by atoms with Gasteiger partial charge in [-0.2, -0.15) is 0 Å². The van der Waals surface area contributed by atoms with Gasteiger partial charge in [-0.05, 0) is 26.0 Å². The van der Waals surface area contributed by atoms with Crippen LogP contribution < -0.4 is 20.7 Å². The molecule has 1 aromatic carbocycles. The molecule has 0 spiro atoms. The average Bonchev–Trinajstić information content (AvgIpc) is 2.92. The number of hydrogen-bond acceptors (Lipinski definition) is 5. The molecule has 0 saturated heterocycles. The fourth-order valence-electron chi connectivity index (χ4n) is 2.20. The van der Waals surface area contributed by atoms with Gasteiger partial charge in [-0.25, -0.2) is 4.98 Å². The maximum absolute atomic E-state index is 11.1. The zero-order valence-electron chi connectivity index (χ0n) is 16.0. The Balaban J connectivity index is 0.00000364. The second kappa shape index (κ2) is 11.8. The van der Waals surface area contributed by atoms with Gasteiger partial charge in [-0.15, -0.1) is 35.3 Å². The van der Waals surface area contributed by atoms with E-state index in [1.54, 1.807) is 24.5 Å². The Hall–Kier alpha value is -1.88. The first-order chi connectivity index (χ1) is 12.5. The van der Waals surface area contributed by atoms with Crippen LogP contribution >= 0.6 is 35.3 Å². The van der Waals surface area contributed by atoms with Crippen molar-refractivity contribution in [2.24, 2.45) is 4.99 Å². The molecule has 27 heavy (non-hydrogen) atoms. The number of anilines is 1. The first-order valence-corrected chi connectivity index (χ1v) is 9.17. The van der Waals surface area contributed by atoms with Crippen LogP contribution in [0.1, 0.15) is 22.5 Å². The summed E-state index contributed by atoms with van der Waals surface area (Å²) < 4.78 is 5.70. The van der Waals surface area contributed by atoms with Crippen molar-refractivity contribution in [1.29, 1.82) is 0 Å². The molecule has 0 unspecified atom stereocenters. The van der Waals surface area contributed by atoms with Crippen LogP contribution in [-0.4, -0.2) is 37.1 Å². The summed E-state index contributed by atoms with van der Waals surface area (Å²) in [5, 5.41) is 10.2. The quantitative estimate of drug-likeness (QED) is 0.234. The minimum atomic E-state index is -0.107. The minimum absolute atomic E-state index is 0. The second-order valence-corrected chi connectivity index (χ2v) is 6.95. The van der Waals surface area contributed by atoms with Gasteiger partial charge >= 0.3 is 0 Å². The van der Waals surface area contributed by atoms with Crippen LogP contribution in [-0.2, 0) is 11.3 Å². The van der Waals surface area contributed by atoms with Crippen molar-refractivity contribution in [3.8, 4) is 5.75 Å². The molecule has 1 aromatic heterocycles. The lowest BCUT2D eigenvalue weighted by molar-refractivity contribution is -0.114. The molecule has 3 N–H and O–H groups in total. The minimum Gasteiger partial charge on any atom is -0.492 e. The van der Waals surface area contributed by atoms with Gasteiger partial charge in [0.05, 0.1) is 18.8 Å².